The van der Waals surface area contributed by atoms with Crippen molar-refractivity contribution in [2.24, 2.45) is 0 Å². The molecule has 6 heteroatoms. The van der Waals surface area contributed by atoms with Gasteiger partial charge in [0.2, 0.25) is 0 Å². The first-order valence-electron chi connectivity index (χ1n) is 32.4. The van der Waals surface area contributed by atoms with Crippen LogP contribution in [0.2, 0.25) is 0 Å². The van der Waals surface area contributed by atoms with E-state index < -0.39 is 6.10 Å². The fourth-order valence-electron chi connectivity index (χ4n) is 9.35. The van der Waals surface area contributed by atoms with Crippen LogP contribution in [0.3, 0.4) is 0 Å². The molecule has 1 unspecified atom stereocenters. The van der Waals surface area contributed by atoms with Crippen molar-refractivity contribution in [2.45, 2.75) is 335 Å². The smallest absolute Gasteiger partial charge is 0.306 e. The molecule has 0 spiro atoms. The number of hydrogen-bond acceptors (Lipinski definition) is 6. The van der Waals surface area contributed by atoms with Gasteiger partial charge in [-0.3, -0.25) is 14.4 Å². The van der Waals surface area contributed by atoms with Crippen LogP contribution in [-0.2, 0) is 28.6 Å². The summed E-state index contributed by atoms with van der Waals surface area (Å²) in [5.41, 5.74) is 0. The largest absolute Gasteiger partial charge is 0.462 e. The first-order chi connectivity index (χ1) is 37.0. The summed E-state index contributed by atoms with van der Waals surface area (Å²) >= 11 is 0. The minimum absolute atomic E-state index is 0.0874. The predicted octanol–water partition coefficient (Wildman–Crippen LogP) is 22.1. The zero-order chi connectivity index (χ0) is 54.3. The summed E-state index contributed by atoms with van der Waals surface area (Å²) in [5.74, 6) is -0.919. The highest BCUT2D eigenvalue weighted by atomic mass is 16.6. The van der Waals surface area contributed by atoms with Gasteiger partial charge in [-0.05, 0) is 89.9 Å². The van der Waals surface area contributed by atoms with Crippen LogP contribution in [0.4, 0.5) is 0 Å². The molecule has 0 bridgehead atoms. The van der Waals surface area contributed by atoms with E-state index >= 15 is 0 Å². The number of carbonyl (C=O) groups excluding carboxylic acids is 3. The molecule has 0 aliphatic carbocycles. The molecule has 0 saturated heterocycles. The standard InChI is InChI=1S/C69H122O6/c1-4-7-10-13-16-19-22-25-28-30-32-33-34-35-37-38-41-44-47-50-53-56-59-62-68(71)74-65-66(64-73-67(70)61-58-55-52-49-46-43-40-27-24-21-18-15-12-9-6-3)75-69(72)63-60-57-54-51-48-45-42-39-36-31-29-26-23-20-17-14-11-8-5-2/h9,12,17-18,20-21,26-27,29,40,46,49,66H,4-8,10-11,13-16,19,22-25,28,30-39,41-45,47-48,50-65H2,1-3H3/b12-9-,20-17-,21-18-,29-26-,40-27-,49-46-. The summed E-state index contributed by atoms with van der Waals surface area (Å²) in [6, 6.07) is 0. The van der Waals surface area contributed by atoms with Gasteiger partial charge < -0.3 is 14.2 Å². The summed E-state index contributed by atoms with van der Waals surface area (Å²) in [5, 5.41) is 0. The average Bonchev–Trinajstić information content (AvgIpc) is 3.41. The Morgan fingerprint density at radius 1 is 0.280 bits per heavy atom. The second kappa shape index (κ2) is 63.4. The van der Waals surface area contributed by atoms with Crippen LogP contribution in [0.5, 0.6) is 0 Å². The molecule has 0 N–H and O–H groups in total. The lowest BCUT2D eigenvalue weighted by Gasteiger charge is -2.18. The van der Waals surface area contributed by atoms with Crippen molar-refractivity contribution < 1.29 is 28.6 Å². The molecule has 0 amide bonds. The van der Waals surface area contributed by atoms with Crippen molar-refractivity contribution in [3.8, 4) is 0 Å². The van der Waals surface area contributed by atoms with E-state index in [0.29, 0.717) is 19.3 Å². The number of hydrogen-bond donors (Lipinski definition) is 0. The maximum absolute atomic E-state index is 12.9. The first-order valence-corrected chi connectivity index (χ1v) is 32.4. The van der Waals surface area contributed by atoms with Gasteiger partial charge in [-0.2, -0.15) is 0 Å². The van der Waals surface area contributed by atoms with Crippen LogP contribution in [0.25, 0.3) is 0 Å². The Morgan fingerprint density at radius 2 is 0.520 bits per heavy atom. The zero-order valence-electron chi connectivity index (χ0n) is 49.8. The maximum atomic E-state index is 12.9. The molecular formula is C69H122O6. The van der Waals surface area contributed by atoms with Gasteiger partial charge in [0.1, 0.15) is 13.2 Å². The molecule has 434 valence electrons. The van der Waals surface area contributed by atoms with E-state index in [1.165, 1.54) is 199 Å². The minimum Gasteiger partial charge on any atom is -0.462 e. The monoisotopic (exact) mass is 1050 g/mol. The molecule has 75 heavy (non-hydrogen) atoms. The van der Waals surface area contributed by atoms with Crippen LogP contribution >= 0.6 is 0 Å². The quantitative estimate of drug-likeness (QED) is 0.0261. The molecule has 6 nitrogen and oxygen atoms in total. The van der Waals surface area contributed by atoms with Gasteiger partial charge >= 0.3 is 17.9 Å². The number of carbonyl (C=O) groups is 3. The van der Waals surface area contributed by atoms with E-state index in [2.05, 4.69) is 93.7 Å². The van der Waals surface area contributed by atoms with Crippen molar-refractivity contribution in [2.75, 3.05) is 13.2 Å². The Morgan fingerprint density at radius 3 is 0.867 bits per heavy atom. The molecule has 0 aromatic heterocycles. The zero-order valence-corrected chi connectivity index (χ0v) is 49.8. The summed E-state index contributed by atoms with van der Waals surface area (Å²) < 4.78 is 16.9. The Hall–Kier alpha value is -3.15. The van der Waals surface area contributed by atoms with Crippen LogP contribution in [0.15, 0.2) is 72.9 Å². The Balaban J connectivity index is 4.35. The van der Waals surface area contributed by atoms with E-state index in [-0.39, 0.29) is 31.1 Å². The fraction of sp³-hybridized carbons (Fsp3) is 0.783. The van der Waals surface area contributed by atoms with Gasteiger partial charge in [-0.1, -0.05) is 293 Å². The van der Waals surface area contributed by atoms with Crippen molar-refractivity contribution in [1.29, 1.82) is 0 Å². The average molecular weight is 1050 g/mol. The van der Waals surface area contributed by atoms with Crippen molar-refractivity contribution in [1.82, 2.24) is 0 Å². The van der Waals surface area contributed by atoms with Crippen LogP contribution in [0.1, 0.15) is 329 Å². The van der Waals surface area contributed by atoms with Gasteiger partial charge in [0.25, 0.3) is 0 Å². The highest BCUT2D eigenvalue weighted by Gasteiger charge is 2.19. The molecular weight excluding hydrogens is 925 g/mol. The molecule has 0 aromatic rings. The van der Waals surface area contributed by atoms with E-state index in [0.717, 1.165) is 89.9 Å². The Bertz CT molecular complexity index is 1390. The summed E-state index contributed by atoms with van der Waals surface area (Å²) in [4.78, 5) is 38.3. The number of rotatable bonds is 59. The van der Waals surface area contributed by atoms with Gasteiger partial charge in [-0.25, -0.2) is 0 Å². The molecule has 0 heterocycles. The van der Waals surface area contributed by atoms with Gasteiger partial charge in [0.15, 0.2) is 6.10 Å². The SMILES string of the molecule is CC/C=C\C/C=C\C/C=C\C/C=C\CCCCC(=O)OCC(COC(=O)CCCCCCCCCCCCCCCCCCCCCCCCC)OC(=O)CCCCCCCCCCC/C=C\C/C=C\CCCCC. The van der Waals surface area contributed by atoms with Crippen molar-refractivity contribution in [3.05, 3.63) is 72.9 Å². The molecule has 0 aliphatic heterocycles. The molecule has 0 saturated carbocycles. The van der Waals surface area contributed by atoms with Crippen LogP contribution in [-0.4, -0.2) is 37.2 Å². The van der Waals surface area contributed by atoms with Crippen molar-refractivity contribution in [3.63, 3.8) is 0 Å². The lowest BCUT2D eigenvalue weighted by Crippen LogP contribution is -2.30. The second-order valence-corrected chi connectivity index (χ2v) is 21.6. The first kappa shape index (κ1) is 71.8. The number of esters is 3. The van der Waals surface area contributed by atoms with Crippen molar-refractivity contribution >= 4 is 17.9 Å². The topological polar surface area (TPSA) is 78.9 Å². The normalized spacial score (nSPS) is 12.5. The summed E-state index contributed by atoms with van der Waals surface area (Å²) in [6.07, 6.45) is 82.0. The third kappa shape index (κ3) is 61.6. The molecule has 0 aromatic carbocycles. The molecule has 0 radical (unpaired) electrons. The minimum atomic E-state index is -0.795. The third-order valence-electron chi connectivity index (χ3n) is 14.2. The highest BCUT2D eigenvalue weighted by molar-refractivity contribution is 5.71. The summed E-state index contributed by atoms with van der Waals surface area (Å²) in [7, 11) is 0. The van der Waals surface area contributed by atoms with E-state index in [9.17, 15) is 14.4 Å². The van der Waals surface area contributed by atoms with Crippen LogP contribution < -0.4 is 0 Å². The molecule has 1 atom stereocenters. The van der Waals surface area contributed by atoms with Crippen LogP contribution in [0, 0.1) is 0 Å². The lowest BCUT2D eigenvalue weighted by molar-refractivity contribution is -0.167. The number of unbranched alkanes of at least 4 members (excludes halogenated alkanes) is 36. The second-order valence-electron chi connectivity index (χ2n) is 21.6. The number of ether oxygens (including phenoxy) is 3. The third-order valence-corrected chi connectivity index (χ3v) is 14.2. The van der Waals surface area contributed by atoms with Gasteiger partial charge in [0.05, 0.1) is 0 Å². The molecule has 0 aliphatic rings. The lowest BCUT2D eigenvalue weighted by atomic mass is 10.0. The highest BCUT2D eigenvalue weighted by Crippen LogP contribution is 2.17. The number of allylic oxidation sites excluding steroid dienone is 12. The predicted molar refractivity (Wildman–Crippen MR) is 325 cm³/mol. The Labute approximate surface area is 465 Å². The summed E-state index contributed by atoms with van der Waals surface area (Å²) in [6.45, 7) is 6.51. The van der Waals surface area contributed by atoms with E-state index in [4.69, 9.17) is 14.2 Å². The van der Waals surface area contributed by atoms with Gasteiger partial charge in [0, 0.05) is 19.3 Å². The van der Waals surface area contributed by atoms with E-state index in [1.54, 1.807) is 0 Å². The van der Waals surface area contributed by atoms with E-state index in [1.807, 2.05) is 0 Å². The fourth-order valence-corrected chi connectivity index (χ4v) is 9.35. The Kier molecular flexibility index (Phi) is 60.7. The maximum Gasteiger partial charge on any atom is 0.306 e. The molecule has 0 fully saturated rings. The van der Waals surface area contributed by atoms with Gasteiger partial charge in [-0.15, -0.1) is 0 Å². The molecule has 0 rings (SSSR count).